The van der Waals surface area contributed by atoms with Crippen LogP contribution < -0.4 is 5.73 Å². The molecule has 0 amide bonds. The monoisotopic (exact) mass is 235 g/mol. The molecule has 0 heterocycles. The van der Waals surface area contributed by atoms with E-state index in [9.17, 15) is 4.79 Å². The number of carbonyl (C=O) groups excluding carboxylic acids is 1. The lowest BCUT2D eigenvalue weighted by Gasteiger charge is -2.14. The first-order chi connectivity index (χ1) is 8.08. The van der Waals surface area contributed by atoms with Crippen molar-refractivity contribution >= 4 is 5.97 Å². The number of benzene rings is 1. The van der Waals surface area contributed by atoms with Gasteiger partial charge in [-0.05, 0) is 43.9 Å². The van der Waals surface area contributed by atoms with Crippen molar-refractivity contribution in [2.24, 2.45) is 11.7 Å². The van der Waals surface area contributed by atoms with E-state index in [-0.39, 0.29) is 11.9 Å². The molecule has 0 radical (unpaired) electrons. The van der Waals surface area contributed by atoms with E-state index in [2.05, 4.69) is 26.0 Å². The zero-order valence-electron chi connectivity index (χ0n) is 10.8. The highest BCUT2D eigenvalue weighted by molar-refractivity contribution is 5.73. The van der Waals surface area contributed by atoms with Gasteiger partial charge < -0.3 is 10.5 Å². The predicted molar refractivity (Wildman–Crippen MR) is 68.8 cm³/mol. The molecule has 3 nitrogen and oxygen atoms in total. The van der Waals surface area contributed by atoms with Crippen molar-refractivity contribution in [3.63, 3.8) is 0 Å². The second kappa shape index (κ2) is 6.40. The number of aryl methyl sites for hydroxylation is 2. The molecule has 1 unspecified atom stereocenters. The summed E-state index contributed by atoms with van der Waals surface area (Å²) in [7, 11) is 0. The van der Waals surface area contributed by atoms with Gasteiger partial charge in [0.25, 0.3) is 0 Å². The summed E-state index contributed by atoms with van der Waals surface area (Å²) in [6.45, 7) is 6.68. The molecule has 0 aromatic heterocycles. The minimum Gasteiger partial charge on any atom is -0.466 e. The van der Waals surface area contributed by atoms with Crippen LogP contribution in [-0.4, -0.2) is 19.1 Å². The van der Waals surface area contributed by atoms with Crippen LogP contribution in [0.2, 0.25) is 0 Å². The van der Waals surface area contributed by atoms with Crippen LogP contribution in [-0.2, 0) is 16.0 Å². The molecule has 0 bridgehead atoms. The third-order valence-corrected chi connectivity index (χ3v) is 2.96. The number of esters is 1. The third-order valence-electron chi connectivity index (χ3n) is 2.96. The van der Waals surface area contributed by atoms with Gasteiger partial charge in [0.1, 0.15) is 0 Å². The summed E-state index contributed by atoms with van der Waals surface area (Å²) >= 11 is 0. The third kappa shape index (κ3) is 3.86. The van der Waals surface area contributed by atoms with Crippen molar-refractivity contribution in [2.75, 3.05) is 13.2 Å². The molecule has 17 heavy (non-hydrogen) atoms. The van der Waals surface area contributed by atoms with Crippen LogP contribution in [0.5, 0.6) is 0 Å². The van der Waals surface area contributed by atoms with Crippen LogP contribution in [0.25, 0.3) is 0 Å². The fourth-order valence-electron chi connectivity index (χ4n) is 1.74. The molecule has 0 fully saturated rings. The summed E-state index contributed by atoms with van der Waals surface area (Å²) in [5.41, 5.74) is 9.25. The topological polar surface area (TPSA) is 52.3 Å². The number of carbonyl (C=O) groups is 1. The lowest BCUT2D eigenvalue weighted by Crippen LogP contribution is -2.27. The van der Waals surface area contributed by atoms with Crippen molar-refractivity contribution in [1.82, 2.24) is 0 Å². The van der Waals surface area contributed by atoms with Gasteiger partial charge in [0, 0.05) is 6.54 Å². The Hall–Kier alpha value is -1.35. The van der Waals surface area contributed by atoms with Gasteiger partial charge in [0.05, 0.1) is 12.5 Å². The van der Waals surface area contributed by atoms with Gasteiger partial charge in [0.2, 0.25) is 0 Å². The first-order valence-corrected chi connectivity index (χ1v) is 6.01. The smallest absolute Gasteiger partial charge is 0.310 e. The molecule has 0 saturated carbocycles. The zero-order chi connectivity index (χ0) is 12.8. The first kappa shape index (κ1) is 13.7. The largest absolute Gasteiger partial charge is 0.466 e. The van der Waals surface area contributed by atoms with Crippen molar-refractivity contribution in [3.05, 3.63) is 34.9 Å². The number of hydrogen-bond donors (Lipinski definition) is 1. The van der Waals surface area contributed by atoms with E-state index < -0.39 is 0 Å². The summed E-state index contributed by atoms with van der Waals surface area (Å²) in [5, 5.41) is 0. The molecule has 0 aliphatic carbocycles. The molecule has 0 spiro atoms. The Balaban J connectivity index is 2.73. The van der Waals surface area contributed by atoms with E-state index in [1.807, 2.05) is 13.0 Å². The maximum atomic E-state index is 11.6. The van der Waals surface area contributed by atoms with Crippen molar-refractivity contribution in [3.8, 4) is 0 Å². The Morgan fingerprint density at radius 3 is 2.59 bits per heavy atom. The first-order valence-electron chi connectivity index (χ1n) is 6.01. The van der Waals surface area contributed by atoms with Crippen LogP contribution in [0.15, 0.2) is 18.2 Å². The molecule has 3 heteroatoms. The van der Waals surface area contributed by atoms with Gasteiger partial charge in [-0.25, -0.2) is 0 Å². The van der Waals surface area contributed by atoms with E-state index in [0.29, 0.717) is 19.6 Å². The average molecular weight is 235 g/mol. The maximum Gasteiger partial charge on any atom is 0.310 e. The second-order valence-electron chi connectivity index (χ2n) is 4.31. The Labute approximate surface area is 103 Å². The van der Waals surface area contributed by atoms with Crippen LogP contribution in [0.1, 0.15) is 23.6 Å². The normalized spacial score (nSPS) is 12.2. The predicted octanol–water partition coefficient (Wildman–Crippen LogP) is 1.98. The van der Waals surface area contributed by atoms with Gasteiger partial charge in [-0.2, -0.15) is 0 Å². The van der Waals surface area contributed by atoms with Crippen LogP contribution >= 0.6 is 0 Å². The number of nitrogens with two attached hydrogens (primary N) is 1. The summed E-state index contributed by atoms with van der Waals surface area (Å²) in [4.78, 5) is 11.6. The highest BCUT2D eigenvalue weighted by Gasteiger charge is 2.18. The van der Waals surface area contributed by atoms with Crippen LogP contribution in [0.3, 0.4) is 0 Å². The molecule has 2 N–H and O–H groups in total. The van der Waals surface area contributed by atoms with E-state index in [0.717, 1.165) is 5.56 Å². The number of hydrogen-bond acceptors (Lipinski definition) is 3. The minimum absolute atomic E-state index is 0.201. The van der Waals surface area contributed by atoms with Crippen LogP contribution in [0, 0.1) is 19.8 Å². The number of ether oxygens (including phenoxy) is 1. The van der Waals surface area contributed by atoms with Crippen molar-refractivity contribution < 1.29 is 9.53 Å². The lowest BCUT2D eigenvalue weighted by atomic mass is 9.97. The summed E-state index contributed by atoms with van der Waals surface area (Å²) in [6, 6.07) is 6.23. The molecule has 0 aliphatic heterocycles. The summed E-state index contributed by atoms with van der Waals surface area (Å²) in [5.74, 6) is -0.440. The SMILES string of the molecule is CCOC(=O)C(CN)Cc1ccc(C)c(C)c1. The molecule has 94 valence electrons. The number of rotatable bonds is 5. The van der Waals surface area contributed by atoms with E-state index >= 15 is 0 Å². The molecule has 1 atom stereocenters. The molecule has 1 aromatic carbocycles. The molecule has 0 saturated heterocycles. The van der Waals surface area contributed by atoms with E-state index in [1.54, 1.807) is 0 Å². The molecule has 1 aromatic rings. The molecule has 0 aliphatic rings. The highest BCUT2D eigenvalue weighted by atomic mass is 16.5. The summed E-state index contributed by atoms with van der Waals surface area (Å²) in [6.07, 6.45) is 0.649. The Kier molecular flexibility index (Phi) is 5.16. The lowest BCUT2D eigenvalue weighted by molar-refractivity contribution is -0.147. The van der Waals surface area contributed by atoms with Gasteiger partial charge in [0.15, 0.2) is 0 Å². The van der Waals surface area contributed by atoms with Gasteiger partial charge >= 0.3 is 5.97 Å². The fraction of sp³-hybridized carbons (Fsp3) is 0.500. The molecular formula is C14H21NO2. The van der Waals surface area contributed by atoms with Gasteiger partial charge in [-0.15, -0.1) is 0 Å². The highest BCUT2D eigenvalue weighted by Crippen LogP contribution is 2.14. The Bertz CT molecular complexity index is 388. The Morgan fingerprint density at radius 1 is 1.35 bits per heavy atom. The average Bonchev–Trinajstić information content (AvgIpc) is 2.30. The van der Waals surface area contributed by atoms with E-state index in [4.69, 9.17) is 10.5 Å². The van der Waals surface area contributed by atoms with Crippen molar-refractivity contribution in [2.45, 2.75) is 27.2 Å². The van der Waals surface area contributed by atoms with Gasteiger partial charge in [-0.1, -0.05) is 18.2 Å². The fourth-order valence-corrected chi connectivity index (χ4v) is 1.74. The quantitative estimate of drug-likeness (QED) is 0.794. The molecular weight excluding hydrogens is 214 g/mol. The minimum atomic E-state index is -0.239. The van der Waals surface area contributed by atoms with Crippen molar-refractivity contribution in [1.29, 1.82) is 0 Å². The van der Waals surface area contributed by atoms with Gasteiger partial charge in [-0.3, -0.25) is 4.79 Å². The zero-order valence-corrected chi connectivity index (χ0v) is 10.8. The van der Waals surface area contributed by atoms with E-state index in [1.165, 1.54) is 11.1 Å². The standard InChI is InChI=1S/C14H21NO2/c1-4-17-14(16)13(9-15)8-12-6-5-10(2)11(3)7-12/h5-7,13H,4,8-9,15H2,1-3H3. The maximum absolute atomic E-state index is 11.6. The second-order valence-corrected chi connectivity index (χ2v) is 4.31. The van der Waals surface area contributed by atoms with Crippen LogP contribution in [0.4, 0.5) is 0 Å². The molecule has 1 rings (SSSR count). The Morgan fingerprint density at radius 2 is 2.06 bits per heavy atom. The summed E-state index contributed by atoms with van der Waals surface area (Å²) < 4.78 is 5.00.